The quantitative estimate of drug-likeness (QED) is 0.811. The molecule has 1 rings (SSSR count). The molecule has 1 aromatic rings. The summed E-state index contributed by atoms with van der Waals surface area (Å²) in [4.78, 5) is 6.42. The van der Waals surface area contributed by atoms with Crippen LogP contribution < -0.4 is 0 Å². The van der Waals surface area contributed by atoms with E-state index in [0.29, 0.717) is 0 Å². The Bertz CT molecular complexity index is 286. The number of hydrogen-bond acceptors (Lipinski definition) is 2. The molecule has 0 amide bonds. The minimum Gasteiger partial charge on any atom is -0.302 e. The standard InChI is InChI=1S/C10H15BrN2/c1-4-13(3)7-9-5-12-6-10(11)8(9)2/h5-6H,4,7H2,1-3H3. The fraction of sp³-hybridized carbons (Fsp3) is 0.500. The molecule has 0 saturated heterocycles. The molecule has 0 N–H and O–H groups in total. The highest BCUT2D eigenvalue weighted by Gasteiger charge is 2.04. The largest absolute Gasteiger partial charge is 0.302 e. The predicted molar refractivity (Wildman–Crippen MR) is 58.7 cm³/mol. The zero-order valence-corrected chi connectivity index (χ0v) is 9.93. The van der Waals surface area contributed by atoms with Crippen LogP contribution in [-0.4, -0.2) is 23.5 Å². The van der Waals surface area contributed by atoms with E-state index in [9.17, 15) is 0 Å². The van der Waals surface area contributed by atoms with Crippen molar-refractivity contribution >= 4 is 15.9 Å². The summed E-state index contributed by atoms with van der Waals surface area (Å²) >= 11 is 3.48. The Morgan fingerprint density at radius 3 is 2.77 bits per heavy atom. The third kappa shape index (κ3) is 2.78. The van der Waals surface area contributed by atoms with Crippen LogP contribution in [0.25, 0.3) is 0 Å². The lowest BCUT2D eigenvalue weighted by Gasteiger charge is -2.15. The molecule has 0 bridgehead atoms. The third-order valence-corrected chi connectivity index (χ3v) is 3.04. The van der Waals surface area contributed by atoms with Gasteiger partial charge in [0.1, 0.15) is 0 Å². The summed E-state index contributed by atoms with van der Waals surface area (Å²) in [6.45, 7) is 6.30. The van der Waals surface area contributed by atoms with Crippen LogP contribution in [-0.2, 0) is 6.54 Å². The first-order valence-electron chi connectivity index (χ1n) is 4.42. The summed E-state index contributed by atoms with van der Waals surface area (Å²) in [6, 6.07) is 0. The number of nitrogens with zero attached hydrogens (tertiary/aromatic N) is 2. The number of pyridine rings is 1. The van der Waals surface area contributed by atoms with Gasteiger partial charge in [-0.25, -0.2) is 0 Å². The number of halogens is 1. The lowest BCUT2D eigenvalue weighted by Crippen LogP contribution is -2.17. The van der Waals surface area contributed by atoms with Gasteiger partial charge in [-0.2, -0.15) is 0 Å². The van der Waals surface area contributed by atoms with E-state index in [1.165, 1.54) is 11.1 Å². The first-order chi connectivity index (χ1) is 6.15. The Morgan fingerprint density at radius 2 is 2.15 bits per heavy atom. The van der Waals surface area contributed by atoms with Crippen LogP contribution in [0.4, 0.5) is 0 Å². The van der Waals surface area contributed by atoms with E-state index in [4.69, 9.17) is 0 Å². The van der Waals surface area contributed by atoms with Crippen LogP contribution >= 0.6 is 15.9 Å². The van der Waals surface area contributed by atoms with Crippen LogP contribution in [0.3, 0.4) is 0 Å². The molecule has 0 aromatic carbocycles. The van der Waals surface area contributed by atoms with Crippen molar-refractivity contribution in [3.63, 3.8) is 0 Å². The Kier molecular flexibility index (Phi) is 3.88. The summed E-state index contributed by atoms with van der Waals surface area (Å²) in [5.74, 6) is 0. The van der Waals surface area contributed by atoms with Gasteiger partial charge in [0.15, 0.2) is 0 Å². The van der Waals surface area contributed by atoms with Gasteiger partial charge in [0.25, 0.3) is 0 Å². The van der Waals surface area contributed by atoms with Crippen LogP contribution in [0.5, 0.6) is 0 Å². The van der Waals surface area contributed by atoms with Crippen molar-refractivity contribution in [2.45, 2.75) is 20.4 Å². The van der Waals surface area contributed by atoms with Gasteiger partial charge in [0.2, 0.25) is 0 Å². The first-order valence-corrected chi connectivity index (χ1v) is 5.22. The highest BCUT2D eigenvalue weighted by atomic mass is 79.9. The minimum atomic E-state index is 0.967. The topological polar surface area (TPSA) is 16.1 Å². The average molecular weight is 243 g/mol. The molecule has 2 nitrogen and oxygen atoms in total. The van der Waals surface area contributed by atoms with E-state index in [2.05, 4.69) is 46.7 Å². The average Bonchev–Trinajstić information content (AvgIpc) is 2.13. The molecule has 3 heteroatoms. The molecule has 0 aliphatic carbocycles. The summed E-state index contributed by atoms with van der Waals surface area (Å²) < 4.78 is 1.09. The fourth-order valence-corrected chi connectivity index (χ4v) is 1.47. The molecule has 1 heterocycles. The monoisotopic (exact) mass is 242 g/mol. The molecule has 0 aliphatic heterocycles. The molecule has 0 fully saturated rings. The number of rotatable bonds is 3. The second-order valence-corrected chi connectivity index (χ2v) is 4.09. The molecule has 1 aromatic heterocycles. The molecule has 0 unspecified atom stereocenters. The van der Waals surface area contributed by atoms with Crippen molar-refractivity contribution in [1.82, 2.24) is 9.88 Å². The van der Waals surface area contributed by atoms with E-state index < -0.39 is 0 Å². The smallest absolute Gasteiger partial charge is 0.0413 e. The van der Waals surface area contributed by atoms with Gasteiger partial charge >= 0.3 is 0 Å². The summed E-state index contributed by atoms with van der Waals surface area (Å²) in [5, 5.41) is 0. The van der Waals surface area contributed by atoms with Crippen LogP contribution in [0, 0.1) is 6.92 Å². The van der Waals surface area contributed by atoms with Crippen LogP contribution in [0.1, 0.15) is 18.1 Å². The van der Waals surface area contributed by atoms with Gasteiger partial charge in [-0.05, 0) is 47.6 Å². The zero-order valence-electron chi connectivity index (χ0n) is 8.34. The van der Waals surface area contributed by atoms with E-state index in [0.717, 1.165) is 17.6 Å². The van der Waals surface area contributed by atoms with Crippen molar-refractivity contribution < 1.29 is 0 Å². The van der Waals surface area contributed by atoms with Gasteiger partial charge in [-0.1, -0.05) is 6.92 Å². The van der Waals surface area contributed by atoms with Crippen molar-refractivity contribution in [3.8, 4) is 0 Å². The zero-order chi connectivity index (χ0) is 9.84. The second-order valence-electron chi connectivity index (χ2n) is 3.24. The molecule has 0 spiro atoms. The third-order valence-electron chi connectivity index (χ3n) is 2.24. The fourth-order valence-electron chi connectivity index (χ4n) is 1.10. The molecule has 0 atom stereocenters. The Labute approximate surface area is 88.1 Å². The molecule has 0 saturated carbocycles. The van der Waals surface area contributed by atoms with Crippen molar-refractivity contribution in [3.05, 3.63) is 28.0 Å². The van der Waals surface area contributed by atoms with Gasteiger partial charge in [0, 0.05) is 23.4 Å². The molecular formula is C10H15BrN2. The number of hydrogen-bond donors (Lipinski definition) is 0. The minimum absolute atomic E-state index is 0.967. The van der Waals surface area contributed by atoms with Gasteiger partial charge in [-0.15, -0.1) is 0 Å². The normalized spacial score (nSPS) is 10.8. The van der Waals surface area contributed by atoms with E-state index in [1.54, 1.807) is 0 Å². The van der Waals surface area contributed by atoms with E-state index in [-0.39, 0.29) is 0 Å². The predicted octanol–water partition coefficient (Wildman–Crippen LogP) is 2.60. The van der Waals surface area contributed by atoms with E-state index in [1.807, 2.05) is 12.4 Å². The second kappa shape index (κ2) is 4.72. The number of aromatic nitrogens is 1. The summed E-state index contributed by atoms with van der Waals surface area (Å²) in [5.41, 5.74) is 2.58. The van der Waals surface area contributed by atoms with Crippen molar-refractivity contribution in [2.24, 2.45) is 0 Å². The molecule has 72 valence electrons. The van der Waals surface area contributed by atoms with Gasteiger partial charge in [-0.3, -0.25) is 4.98 Å². The molecular weight excluding hydrogens is 228 g/mol. The summed E-state index contributed by atoms with van der Waals surface area (Å²) in [7, 11) is 2.11. The van der Waals surface area contributed by atoms with Crippen LogP contribution in [0.2, 0.25) is 0 Å². The lowest BCUT2D eigenvalue weighted by atomic mass is 10.1. The Morgan fingerprint density at radius 1 is 1.46 bits per heavy atom. The Balaban J connectivity index is 2.83. The van der Waals surface area contributed by atoms with Gasteiger partial charge in [0.05, 0.1) is 0 Å². The maximum atomic E-state index is 4.16. The first kappa shape index (κ1) is 10.7. The molecule has 0 radical (unpaired) electrons. The highest BCUT2D eigenvalue weighted by molar-refractivity contribution is 9.10. The van der Waals surface area contributed by atoms with E-state index >= 15 is 0 Å². The maximum absolute atomic E-state index is 4.16. The van der Waals surface area contributed by atoms with Crippen molar-refractivity contribution in [1.29, 1.82) is 0 Å². The van der Waals surface area contributed by atoms with Crippen molar-refractivity contribution in [2.75, 3.05) is 13.6 Å². The highest BCUT2D eigenvalue weighted by Crippen LogP contribution is 2.18. The SMILES string of the molecule is CCN(C)Cc1cncc(Br)c1C. The molecule has 13 heavy (non-hydrogen) atoms. The maximum Gasteiger partial charge on any atom is 0.0413 e. The Hall–Kier alpha value is -0.410. The molecule has 0 aliphatic rings. The summed E-state index contributed by atoms with van der Waals surface area (Å²) in [6.07, 6.45) is 3.77. The lowest BCUT2D eigenvalue weighted by molar-refractivity contribution is 0.344. The van der Waals surface area contributed by atoms with Gasteiger partial charge < -0.3 is 4.90 Å². The van der Waals surface area contributed by atoms with Crippen LogP contribution in [0.15, 0.2) is 16.9 Å².